The fourth-order valence-corrected chi connectivity index (χ4v) is 2.42. The van der Waals surface area contributed by atoms with Gasteiger partial charge in [-0.15, -0.1) is 12.4 Å². The molecule has 1 aliphatic rings. The third kappa shape index (κ3) is 4.53. The van der Waals surface area contributed by atoms with Gasteiger partial charge in [0.25, 0.3) is 0 Å². The number of rotatable bonds is 2. The van der Waals surface area contributed by atoms with Crippen LogP contribution in [0.5, 0.6) is 0 Å². The molecule has 1 N–H and O–H groups in total. The fourth-order valence-electron chi connectivity index (χ4n) is 2.09. The maximum Gasteiger partial charge on any atom is 0.227 e. The van der Waals surface area contributed by atoms with Crippen LogP contribution in [0.25, 0.3) is 0 Å². The molecule has 0 saturated carbocycles. The zero-order chi connectivity index (χ0) is 13.1. The van der Waals surface area contributed by atoms with E-state index in [1.807, 2.05) is 11.0 Å². The SMILES string of the molecule is CC1CN(C(=O)Cc2ccc(Cl)c(Cl)c2)CCN1.Cl. The van der Waals surface area contributed by atoms with E-state index in [2.05, 4.69) is 12.2 Å². The summed E-state index contributed by atoms with van der Waals surface area (Å²) in [5.41, 5.74) is 0.903. The van der Waals surface area contributed by atoms with E-state index in [0.29, 0.717) is 22.5 Å². The maximum atomic E-state index is 12.1. The molecule has 0 radical (unpaired) electrons. The average Bonchev–Trinajstić information content (AvgIpc) is 2.34. The van der Waals surface area contributed by atoms with E-state index in [1.54, 1.807) is 12.1 Å². The van der Waals surface area contributed by atoms with Crippen molar-refractivity contribution in [3.8, 4) is 0 Å². The molecule has 1 atom stereocenters. The Balaban J connectivity index is 0.00000180. The van der Waals surface area contributed by atoms with Gasteiger partial charge < -0.3 is 10.2 Å². The number of hydrogen-bond acceptors (Lipinski definition) is 2. The molecule has 2 rings (SSSR count). The molecule has 0 aliphatic carbocycles. The second-order valence-electron chi connectivity index (χ2n) is 4.62. The largest absolute Gasteiger partial charge is 0.340 e. The Morgan fingerprint density at radius 2 is 2.16 bits per heavy atom. The van der Waals surface area contributed by atoms with Gasteiger partial charge in [-0.3, -0.25) is 4.79 Å². The summed E-state index contributed by atoms with van der Waals surface area (Å²) >= 11 is 11.8. The summed E-state index contributed by atoms with van der Waals surface area (Å²) in [6.45, 7) is 4.47. The van der Waals surface area contributed by atoms with E-state index in [1.165, 1.54) is 0 Å². The number of halogens is 3. The summed E-state index contributed by atoms with van der Waals surface area (Å²) in [6.07, 6.45) is 0.379. The predicted octanol–water partition coefficient (Wildman–Crippen LogP) is 2.78. The number of nitrogens with zero attached hydrogens (tertiary/aromatic N) is 1. The lowest BCUT2D eigenvalue weighted by molar-refractivity contribution is -0.131. The van der Waals surface area contributed by atoms with Gasteiger partial charge in [-0.2, -0.15) is 0 Å². The van der Waals surface area contributed by atoms with Crippen molar-refractivity contribution in [1.82, 2.24) is 10.2 Å². The average molecular weight is 324 g/mol. The first-order valence-corrected chi connectivity index (χ1v) is 6.77. The van der Waals surface area contributed by atoms with Crippen molar-refractivity contribution in [1.29, 1.82) is 0 Å². The van der Waals surface area contributed by atoms with Crippen LogP contribution in [0.2, 0.25) is 10.0 Å². The molecule has 3 nitrogen and oxygen atoms in total. The van der Waals surface area contributed by atoms with Crippen molar-refractivity contribution in [2.24, 2.45) is 0 Å². The normalized spacial score (nSPS) is 18.9. The summed E-state index contributed by atoms with van der Waals surface area (Å²) in [5, 5.41) is 4.33. The maximum absolute atomic E-state index is 12.1. The van der Waals surface area contributed by atoms with Crippen LogP contribution in [0, 0.1) is 0 Å². The lowest BCUT2D eigenvalue weighted by Crippen LogP contribution is -2.51. The third-order valence-electron chi connectivity index (χ3n) is 3.06. The Morgan fingerprint density at radius 1 is 1.42 bits per heavy atom. The molecular formula is C13H17Cl3N2O. The molecule has 1 heterocycles. The summed E-state index contributed by atoms with van der Waals surface area (Å²) < 4.78 is 0. The quantitative estimate of drug-likeness (QED) is 0.907. The highest BCUT2D eigenvalue weighted by Gasteiger charge is 2.20. The monoisotopic (exact) mass is 322 g/mol. The summed E-state index contributed by atoms with van der Waals surface area (Å²) in [7, 11) is 0. The molecule has 1 unspecified atom stereocenters. The smallest absolute Gasteiger partial charge is 0.227 e. The minimum atomic E-state index is 0. The number of nitrogens with one attached hydrogen (secondary N) is 1. The van der Waals surface area contributed by atoms with Gasteiger partial charge in [0.05, 0.1) is 16.5 Å². The van der Waals surface area contributed by atoms with E-state index in [4.69, 9.17) is 23.2 Å². The minimum Gasteiger partial charge on any atom is -0.340 e. The van der Waals surface area contributed by atoms with Crippen LogP contribution < -0.4 is 5.32 Å². The van der Waals surface area contributed by atoms with Gasteiger partial charge in [-0.1, -0.05) is 29.3 Å². The molecule has 1 amide bonds. The van der Waals surface area contributed by atoms with Crippen LogP contribution in [-0.2, 0) is 11.2 Å². The Bertz CT molecular complexity index is 454. The molecule has 1 aliphatic heterocycles. The molecule has 0 spiro atoms. The number of amides is 1. The highest BCUT2D eigenvalue weighted by Crippen LogP contribution is 2.23. The minimum absolute atomic E-state index is 0. The highest BCUT2D eigenvalue weighted by molar-refractivity contribution is 6.42. The first kappa shape index (κ1) is 16.6. The van der Waals surface area contributed by atoms with Crippen molar-refractivity contribution in [2.75, 3.05) is 19.6 Å². The van der Waals surface area contributed by atoms with Crippen molar-refractivity contribution in [2.45, 2.75) is 19.4 Å². The zero-order valence-corrected chi connectivity index (χ0v) is 13.0. The molecule has 1 aromatic carbocycles. The first-order valence-electron chi connectivity index (χ1n) is 6.01. The van der Waals surface area contributed by atoms with Crippen LogP contribution in [0.15, 0.2) is 18.2 Å². The zero-order valence-electron chi connectivity index (χ0n) is 10.7. The first-order chi connectivity index (χ1) is 8.56. The Labute approximate surface area is 129 Å². The summed E-state index contributed by atoms with van der Waals surface area (Å²) in [5.74, 6) is 0.140. The Kier molecular flexibility index (Phi) is 6.40. The van der Waals surface area contributed by atoms with Gasteiger partial charge in [0.1, 0.15) is 0 Å². The van der Waals surface area contributed by atoms with Gasteiger partial charge in [-0.05, 0) is 24.6 Å². The van der Waals surface area contributed by atoms with E-state index < -0.39 is 0 Å². The molecule has 0 bridgehead atoms. The van der Waals surface area contributed by atoms with E-state index >= 15 is 0 Å². The van der Waals surface area contributed by atoms with Crippen LogP contribution in [0.1, 0.15) is 12.5 Å². The molecule has 1 fully saturated rings. The second-order valence-corrected chi connectivity index (χ2v) is 5.43. The summed E-state index contributed by atoms with van der Waals surface area (Å²) in [6, 6.07) is 5.69. The lowest BCUT2D eigenvalue weighted by atomic mass is 10.1. The Morgan fingerprint density at radius 3 is 2.79 bits per heavy atom. The molecule has 0 aromatic heterocycles. The number of carbonyl (C=O) groups excluding carboxylic acids is 1. The van der Waals surface area contributed by atoms with E-state index in [-0.39, 0.29) is 18.3 Å². The Hall–Kier alpha value is -0.480. The second kappa shape index (κ2) is 7.34. The van der Waals surface area contributed by atoms with Crippen molar-refractivity contribution in [3.05, 3.63) is 33.8 Å². The van der Waals surface area contributed by atoms with Crippen molar-refractivity contribution < 1.29 is 4.79 Å². The molecule has 19 heavy (non-hydrogen) atoms. The van der Waals surface area contributed by atoms with E-state index in [0.717, 1.165) is 25.2 Å². The predicted molar refractivity (Wildman–Crippen MR) is 81.5 cm³/mol. The van der Waals surface area contributed by atoms with Gasteiger partial charge in [0.15, 0.2) is 0 Å². The molecule has 6 heteroatoms. The molecule has 106 valence electrons. The van der Waals surface area contributed by atoms with Crippen LogP contribution >= 0.6 is 35.6 Å². The number of carbonyl (C=O) groups is 1. The number of piperazine rings is 1. The lowest BCUT2D eigenvalue weighted by Gasteiger charge is -2.32. The van der Waals surface area contributed by atoms with Crippen molar-refractivity contribution >= 4 is 41.5 Å². The highest BCUT2D eigenvalue weighted by atomic mass is 35.5. The van der Waals surface area contributed by atoms with Gasteiger partial charge in [0, 0.05) is 25.7 Å². The standard InChI is InChI=1S/C13H16Cl2N2O.ClH/c1-9-8-17(5-4-16-9)13(18)7-10-2-3-11(14)12(15)6-10;/h2-3,6,9,16H,4-5,7-8H2,1H3;1H. The topological polar surface area (TPSA) is 32.3 Å². The van der Waals surface area contributed by atoms with Gasteiger partial charge >= 0.3 is 0 Å². The number of hydrogen-bond donors (Lipinski definition) is 1. The van der Waals surface area contributed by atoms with Gasteiger partial charge in [-0.25, -0.2) is 0 Å². The summed E-state index contributed by atoms with van der Waals surface area (Å²) in [4.78, 5) is 14.0. The van der Waals surface area contributed by atoms with Crippen LogP contribution in [0.4, 0.5) is 0 Å². The van der Waals surface area contributed by atoms with Crippen LogP contribution in [0.3, 0.4) is 0 Å². The number of benzene rings is 1. The molecular weight excluding hydrogens is 307 g/mol. The molecule has 1 saturated heterocycles. The van der Waals surface area contributed by atoms with E-state index in [9.17, 15) is 4.79 Å². The fraction of sp³-hybridized carbons (Fsp3) is 0.462. The molecule has 1 aromatic rings. The van der Waals surface area contributed by atoms with Crippen LogP contribution in [-0.4, -0.2) is 36.5 Å². The van der Waals surface area contributed by atoms with Gasteiger partial charge in [0.2, 0.25) is 5.91 Å². The third-order valence-corrected chi connectivity index (χ3v) is 3.80. The van der Waals surface area contributed by atoms with Crippen molar-refractivity contribution in [3.63, 3.8) is 0 Å².